The molecule has 1 unspecified atom stereocenters. The standard InChI is InChI=1S/C17H15IN2O/c18-14-6-5-12-10-19-20(16(12)9-14)11-13-7-8-21-17-4-2-1-3-15(13)17/h1-6,9-10,13H,7-8,11H2. The lowest BCUT2D eigenvalue weighted by Gasteiger charge is -2.26. The van der Waals surface area contributed by atoms with Crippen molar-refractivity contribution in [3.05, 3.63) is 57.8 Å². The normalized spacial score (nSPS) is 17.5. The van der Waals surface area contributed by atoms with Crippen molar-refractivity contribution in [3.63, 3.8) is 0 Å². The monoisotopic (exact) mass is 390 g/mol. The van der Waals surface area contributed by atoms with Crippen molar-refractivity contribution >= 4 is 33.5 Å². The molecule has 0 bridgehead atoms. The summed E-state index contributed by atoms with van der Waals surface area (Å²) in [6.45, 7) is 1.70. The van der Waals surface area contributed by atoms with Gasteiger partial charge in [-0.05, 0) is 52.8 Å². The van der Waals surface area contributed by atoms with E-state index in [0.29, 0.717) is 5.92 Å². The van der Waals surface area contributed by atoms with Crippen LogP contribution in [-0.2, 0) is 6.54 Å². The maximum Gasteiger partial charge on any atom is 0.122 e. The molecule has 1 atom stereocenters. The molecule has 4 heteroatoms. The predicted octanol–water partition coefficient (Wildman–Crippen LogP) is 4.21. The molecular weight excluding hydrogens is 375 g/mol. The first-order chi connectivity index (χ1) is 10.3. The van der Waals surface area contributed by atoms with E-state index in [1.54, 1.807) is 0 Å². The minimum atomic E-state index is 0.468. The highest BCUT2D eigenvalue weighted by molar-refractivity contribution is 14.1. The maximum absolute atomic E-state index is 5.75. The molecule has 106 valence electrons. The molecule has 0 saturated carbocycles. The molecule has 0 aliphatic carbocycles. The first kappa shape index (κ1) is 13.1. The van der Waals surface area contributed by atoms with Gasteiger partial charge in [0.2, 0.25) is 0 Å². The second kappa shape index (κ2) is 5.33. The number of hydrogen-bond donors (Lipinski definition) is 0. The Morgan fingerprint density at radius 2 is 2.14 bits per heavy atom. The first-order valence-electron chi connectivity index (χ1n) is 7.14. The van der Waals surface area contributed by atoms with E-state index in [4.69, 9.17) is 4.74 Å². The Kier molecular flexibility index (Phi) is 3.33. The fourth-order valence-corrected chi connectivity index (χ4v) is 3.48. The van der Waals surface area contributed by atoms with Gasteiger partial charge in [-0.2, -0.15) is 5.10 Å². The van der Waals surface area contributed by atoms with Crippen LogP contribution >= 0.6 is 22.6 Å². The number of fused-ring (bicyclic) bond motifs is 2. The van der Waals surface area contributed by atoms with Crippen LogP contribution < -0.4 is 4.74 Å². The van der Waals surface area contributed by atoms with E-state index < -0.39 is 0 Å². The Hall–Kier alpha value is -1.56. The van der Waals surface area contributed by atoms with Gasteiger partial charge in [0, 0.05) is 21.4 Å². The van der Waals surface area contributed by atoms with E-state index in [1.807, 2.05) is 12.3 Å². The summed E-state index contributed by atoms with van der Waals surface area (Å²) in [4.78, 5) is 0. The van der Waals surface area contributed by atoms with Crippen LogP contribution in [0.1, 0.15) is 17.9 Å². The van der Waals surface area contributed by atoms with Crippen LogP contribution in [0.25, 0.3) is 10.9 Å². The second-order valence-corrected chi connectivity index (χ2v) is 6.65. The molecule has 2 aromatic carbocycles. The van der Waals surface area contributed by atoms with Crippen molar-refractivity contribution in [1.82, 2.24) is 9.78 Å². The highest BCUT2D eigenvalue weighted by Crippen LogP contribution is 2.34. The average Bonchev–Trinajstić information content (AvgIpc) is 2.90. The summed E-state index contributed by atoms with van der Waals surface area (Å²) in [6.07, 6.45) is 3.00. The molecule has 1 aromatic heterocycles. The molecular formula is C17H15IN2O. The lowest BCUT2D eigenvalue weighted by molar-refractivity contribution is 0.257. The van der Waals surface area contributed by atoms with Crippen LogP contribution in [0.2, 0.25) is 0 Å². The Balaban J connectivity index is 1.71. The minimum absolute atomic E-state index is 0.468. The van der Waals surface area contributed by atoms with Crippen LogP contribution in [0.4, 0.5) is 0 Å². The number of rotatable bonds is 2. The molecule has 0 saturated heterocycles. The Morgan fingerprint density at radius 1 is 1.24 bits per heavy atom. The third-order valence-electron chi connectivity index (χ3n) is 4.08. The van der Waals surface area contributed by atoms with E-state index >= 15 is 0 Å². The predicted molar refractivity (Wildman–Crippen MR) is 91.7 cm³/mol. The zero-order chi connectivity index (χ0) is 14.2. The lowest BCUT2D eigenvalue weighted by atomic mass is 9.93. The van der Waals surface area contributed by atoms with Gasteiger partial charge >= 0.3 is 0 Å². The van der Waals surface area contributed by atoms with Crippen molar-refractivity contribution < 1.29 is 4.74 Å². The first-order valence-corrected chi connectivity index (χ1v) is 8.22. The number of aromatic nitrogens is 2. The fraction of sp³-hybridized carbons (Fsp3) is 0.235. The van der Waals surface area contributed by atoms with Gasteiger partial charge < -0.3 is 4.74 Å². The van der Waals surface area contributed by atoms with Crippen molar-refractivity contribution in [2.45, 2.75) is 18.9 Å². The third-order valence-corrected chi connectivity index (χ3v) is 4.75. The summed E-state index contributed by atoms with van der Waals surface area (Å²) in [6, 6.07) is 14.8. The molecule has 0 N–H and O–H groups in total. The largest absolute Gasteiger partial charge is 0.493 e. The topological polar surface area (TPSA) is 27.1 Å². The molecule has 1 aliphatic heterocycles. The van der Waals surface area contributed by atoms with Gasteiger partial charge in [-0.3, -0.25) is 4.68 Å². The van der Waals surface area contributed by atoms with E-state index in [9.17, 15) is 0 Å². The SMILES string of the molecule is Ic1ccc2cnn(CC3CCOc4ccccc43)c2c1. The summed E-state index contributed by atoms with van der Waals surface area (Å²) in [5.74, 6) is 1.50. The zero-order valence-corrected chi connectivity index (χ0v) is 13.7. The van der Waals surface area contributed by atoms with E-state index in [2.05, 4.69) is 68.8 Å². The van der Waals surface area contributed by atoms with E-state index in [1.165, 1.54) is 20.0 Å². The Labute approximate surface area is 137 Å². The molecule has 0 fully saturated rings. The average molecular weight is 390 g/mol. The molecule has 4 rings (SSSR count). The van der Waals surface area contributed by atoms with Crippen molar-refractivity contribution in [1.29, 1.82) is 0 Å². The van der Waals surface area contributed by atoms with Crippen molar-refractivity contribution in [2.24, 2.45) is 0 Å². The van der Waals surface area contributed by atoms with Crippen molar-refractivity contribution in [3.8, 4) is 5.75 Å². The summed E-state index contributed by atoms with van der Waals surface area (Å²) < 4.78 is 9.12. The molecule has 0 radical (unpaired) electrons. The van der Waals surface area contributed by atoms with Crippen LogP contribution in [0.15, 0.2) is 48.7 Å². The molecule has 2 heterocycles. The summed E-state index contributed by atoms with van der Waals surface area (Å²) in [5, 5.41) is 5.78. The number of halogens is 1. The molecule has 0 spiro atoms. The summed E-state index contributed by atoms with van der Waals surface area (Å²) in [7, 11) is 0. The van der Waals surface area contributed by atoms with Crippen molar-refractivity contribution in [2.75, 3.05) is 6.61 Å². The lowest BCUT2D eigenvalue weighted by Crippen LogP contribution is -2.19. The number of nitrogens with zero attached hydrogens (tertiary/aromatic N) is 2. The number of hydrogen-bond acceptors (Lipinski definition) is 2. The fourth-order valence-electron chi connectivity index (χ4n) is 3.00. The van der Waals surface area contributed by atoms with Gasteiger partial charge in [-0.15, -0.1) is 0 Å². The second-order valence-electron chi connectivity index (χ2n) is 5.40. The summed E-state index contributed by atoms with van der Waals surface area (Å²) >= 11 is 2.35. The Bertz CT molecular complexity index is 796. The van der Waals surface area contributed by atoms with Crippen LogP contribution in [-0.4, -0.2) is 16.4 Å². The summed E-state index contributed by atoms with van der Waals surface area (Å²) in [5.41, 5.74) is 2.52. The van der Waals surface area contributed by atoms with Crippen LogP contribution in [0, 0.1) is 3.57 Å². The smallest absolute Gasteiger partial charge is 0.122 e. The number of benzene rings is 2. The molecule has 21 heavy (non-hydrogen) atoms. The van der Waals surface area contributed by atoms with Gasteiger partial charge in [0.05, 0.1) is 18.3 Å². The molecule has 0 amide bonds. The van der Waals surface area contributed by atoms with Gasteiger partial charge in [-0.25, -0.2) is 0 Å². The molecule has 3 nitrogen and oxygen atoms in total. The zero-order valence-electron chi connectivity index (χ0n) is 11.5. The minimum Gasteiger partial charge on any atom is -0.493 e. The van der Waals surface area contributed by atoms with Crippen LogP contribution in [0.3, 0.4) is 0 Å². The number of para-hydroxylation sites is 1. The molecule has 3 aromatic rings. The highest BCUT2D eigenvalue weighted by atomic mass is 127. The van der Waals surface area contributed by atoms with Gasteiger partial charge in [0.15, 0.2) is 0 Å². The third kappa shape index (κ3) is 2.41. The van der Waals surface area contributed by atoms with E-state index in [-0.39, 0.29) is 0 Å². The highest BCUT2D eigenvalue weighted by Gasteiger charge is 2.22. The van der Waals surface area contributed by atoms with Gasteiger partial charge in [-0.1, -0.05) is 24.3 Å². The van der Waals surface area contributed by atoms with E-state index in [0.717, 1.165) is 25.3 Å². The quantitative estimate of drug-likeness (QED) is 0.614. The van der Waals surface area contributed by atoms with Crippen LogP contribution in [0.5, 0.6) is 5.75 Å². The molecule has 1 aliphatic rings. The number of ether oxygens (including phenoxy) is 1. The Morgan fingerprint density at radius 3 is 3.10 bits per heavy atom. The maximum atomic E-state index is 5.75. The van der Waals surface area contributed by atoms with Gasteiger partial charge in [0.25, 0.3) is 0 Å². The van der Waals surface area contributed by atoms with Gasteiger partial charge in [0.1, 0.15) is 5.75 Å².